The zero-order valence-corrected chi connectivity index (χ0v) is 14.6. The van der Waals surface area contributed by atoms with Gasteiger partial charge in [0.25, 0.3) is 0 Å². The van der Waals surface area contributed by atoms with Gasteiger partial charge < -0.3 is 4.74 Å². The summed E-state index contributed by atoms with van der Waals surface area (Å²) in [4.78, 5) is 17.0. The van der Waals surface area contributed by atoms with Crippen molar-refractivity contribution < 1.29 is 9.53 Å². The van der Waals surface area contributed by atoms with Crippen molar-refractivity contribution in [3.63, 3.8) is 0 Å². The molecule has 0 saturated carbocycles. The van der Waals surface area contributed by atoms with Crippen LogP contribution in [0.4, 0.5) is 0 Å². The predicted molar refractivity (Wildman–Crippen MR) is 90.7 cm³/mol. The molecule has 1 aromatic rings. The fourth-order valence-electron chi connectivity index (χ4n) is 3.75. The van der Waals surface area contributed by atoms with Crippen molar-refractivity contribution >= 4 is 5.97 Å². The number of carbonyl (C=O) groups is 1. The second-order valence-corrected chi connectivity index (χ2v) is 7.63. The van der Waals surface area contributed by atoms with Crippen LogP contribution in [0.15, 0.2) is 30.3 Å². The number of rotatable bonds is 3. The van der Waals surface area contributed by atoms with E-state index in [1.807, 2.05) is 39.0 Å². The summed E-state index contributed by atoms with van der Waals surface area (Å²) in [5.74, 6) is -0.361. The highest BCUT2D eigenvalue weighted by Gasteiger charge is 2.51. The molecule has 0 radical (unpaired) electrons. The molecule has 0 amide bonds. The van der Waals surface area contributed by atoms with E-state index in [9.17, 15) is 10.1 Å². The summed E-state index contributed by atoms with van der Waals surface area (Å²) in [5.41, 5.74) is 0.734. The second kappa shape index (κ2) is 6.54. The van der Waals surface area contributed by atoms with Crippen molar-refractivity contribution in [3.8, 4) is 6.07 Å². The van der Waals surface area contributed by atoms with Crippen LogP contribution in [0, 0.1) is 17.2 Å². The van der Waals surface area contributed by atoms with Crippen LogP contribution in [0.25, 0.3) is 0 Å². The van der Waals surface area contributed by atoms with Gasteiger partial charge >= 0.3 is 5.97 Å². The summed E-state index contributed by atoms with van der Waals surface area (Å²) in [6.45, 7) is 8.12. The molecule has 5 heteroatoms. The molecule has 0 spiro atoms. The molecule has 0 aliphatic carbocycles. The maximum atomic E-state index is 12.5. The Morgan fingerprint density at radius 2 is 2.00 bits per heavy atom. The molecule has 3 unspecified atom stereocenters. The van der Waals surface area contributed by atoms with Crippen LogP contribution in [-0.4, -0.2) is 46.7 Å². The van der Waals surface area contributed by atoms with Gasteiger partial charge in [0, 0.05) is 19.6 Å². The number of ether oxygens (including phenoxy) is 1. The normalized spacial score (nSPS) is 27.7. The number of esters is 1. The molecule has 0 N–H and O–H groups in total. The Kier molecular flexibility index (Phi) is 4.62. The molecule has 128 valence electrons. The number of nitrogens with zero attached hydrogens (tertiary/aromatic N) is 3. The third kappa shape index (κ3) is 3.45. The Balaban J connectivity index is 1.74. The van der Waals surface area contributed by atoms with E-state index in [0.717, 1.165) is 19.6 Å². The largest absolute Gasteiger partial charge is 0.459 e. The van der Waals surface area contributed by atoms with Gasteiger partial charge in [0.15, 0.2) is 0 Å². The van der Waals surface area contributed by atoms with Crippen molar-refractivity contribution in [2.24, 2.45) is 5.92 Å². The highest BCUT2D eigenvalue weighted by molar-refractivity contribution is 5.77. The zero-order valence-electron chi connectivity index (χ0n) is 14.6. The minimum Gasteiger partial charge on any atom is -0.459 e. The highest BCUT2D eigenvalue weighted by Crippen LogP contribution is 2.37. The van der Waals surface area contributed by atoms with Gasteiger partial charge in [-0.1, -0.05) is 30.3 Å². The lowest BCUT2D eigenvalue weighted by Gasteiger charge is -2.28. The number of fused-ring (bicyclic) bond motifs is 1. The van der Waals surface area contributed by atoms with Crippen LogP contribution < -0.4 is 0 Å². The molecular weight excluding hydrogens is 302 g/mol. The van der Waals surface area contributed by atoms with Crippen LogP contribution in [-0.2, 0) is 16.1 Å². The third-order valence-corrected chi connectivity index (χ3v) is 4.67. The van der Waals surface area contributed by atoms with E-state index in [-0.39, 0.29) is 24.1 Å². The minimum atomic E-state index is -0.499. The molecule has 3 rings (SSSR count). The third-order valence-electron chi connectivity index (χ3n) is 4.67. The van der Waals surface area contributed by atoms with Crippen LogP contribution in [0.1, 0.15) is 32.8 Å². The van der Waals surface area contributed by atoms with E-state index in [1.165, 1.54) is 5.56 Å². The van der Waals surface area contributed by atoms with E-state index in [4.69, 9.17) is 4.74 Å². The van der Waals surface area contributed by atoms with Gasteiger partial charge in [-0.15, -0.1) is 0 Å². The summed E-state index contributed by atoms with van der Waals surface area (Å²) in [6, 6.07) is 12.4. The first kappa shape index (κ1) is 16.9. The van der Waals surface area contributed by atoms with E-state index < -0.39 is 5.60 Å². The molecule has 2 fully saturated rings. The first-order chi connectivity index (χ1) is 11.4. The molecule has 0 aromatic heterocycles. The molecule has 1 aromatic carbocycles. The van der Waals surface area contributed by atoms with Gasteiger partial charge in [0.2, 0.25) is 0 Å². The zero-order chi connectivity index (χ0) is 17.3. The molecule has 5 nitrogen and oxygen atoms in total. The minimum absolute atomic E-state index is 0.00715. The molecule has 3 atom stereocenters. The molecule has 24 heavy (non-hydrogen) atoms. The van der Waals surface area contributed by atoms with E-state index >= 15 is 0 Å². The van der Waals surface area contributed by atoms with E-state index in [0.29, 0.717) is 6.42 Å². The van der Waals surface area contributed by atoms with Crippen molar-refractivity contribution in [2.45, 2.75) is 51.5 Å². The van der Waals surface area contributed by atoms with Crippen LogP contribution in [0.3, 0.4) is 0 Å². The van der Waals surface area contributed by atoms with Gasteiger partial charge in [-0.05, 0) is 32.8 Å². The molecule has 0 bridgehead atoms. The van der Waals surface area contributed by atoms with E-state index in [2.05, 4.69) is 28.0 Å². The average Bonchev–Trinajstić information content (AvgIpc) is 3.07. The fraction of sp³-hybridized carbons (Fsp3) is 0.579. The lowest BCUT2D eigenvalue weighted by Crippen LogP contribution is -2.43. The van der Waals surface area contributed by atoms with Crippen LogP contribution >= 0.6 is 0 Å². The highest BCUT2D eigenvalue weighted by atomic mass is 16.6. The maximum Gasteiger partial charge on any atom is 0.323 e. The van der Waals surface area contributed by atoms with Gasteiger partial charge in [-0.25, -0.2) is 0 Å². The Bertz CT molecular complexity index is 632. The van der Waals surface area contributed by atoms with Gasteiger partial charge in [-0.3, -0.25) is 14.6 Å². The molecule has 2 saturated heterocycles. The standard InChI is InChI=1S/C19H25N3O2/c1-19(2,3)24-18(23)16-11-15(12-20)17-21(9-10-22(16)17)13-14-7-5-4-6-8-14/h4-8,15-17H,9-11,13H2,1-3H3. The smallest absolute Gasteiger partial charge is 0.323 e. The second-order valence-electron chi connectivity index (χ2n) is 7.63. The summed E-state index contributed by atoms with van der Waals surface area (Å²) in [6.07, 6.45) is 0.564. The molecule has 2 aliphatic heterocycles. The monoisotopic (exact) mass is 327 g/mol. The SMILES string of the molecule is CC(C)(C)OC(=O)C1CC(C#N)C2N(Cc3ccccc3)CCN12. The van der Waals surface area contributed by atoms with Crippen LogP contribution in [0.2, 0.25) is 0 Å². The average molecular weight is 327 g/mol. The molecule has 2 aliphatic rings. The lowest BCUT2D eigenvalue weighted by atomic mass is 10.0. The summed E-state index contributed by atoms with van der Waals surface area (Å²) in [5, 5.41) is 9.57. The van der Waals surface area contributed by atoms with Crippen molar-refractivity contribution in [1.29, 1.82) is 5.26 Å². The molecule has 2 heterocycles. The number of carbonyl (C=O) groups excluding carboxylic acids is 1. The Morgan fingerprint density at radius 3 is 2.62 bits per heavy atom. The first-order valence-electron chi connectivity index (χ1n) is 8.55. The topological polar surface area (TPSA) is 56.6 Å². The molecular formula is C19H25N3O2. The fourth-order valence-corrected chi connectivity index (χ4v) is 3.75. The van der Waals surface area contributed by atoms with Crippen LogP contribution in [0.5, 0.6) is 0 Å². The van der Waals surface area contributed by atoms with Gasteiger partial charge in [0.1, 0.15) is 11.6 Å². The summed E-state index contributed by atoms with van der Waals surface area (Å²) >= 11 is 0. The van der Waals surface area contributed by atoms with Gasteiger partial charge in [-0.2, -0.15) is 5.26 Å². The number of hydrogen-bond donors (Lipinski definition) is 0. The summed E-state index contributed by atoms with van der Waals surface area (Å²) < 4.78 is 5.57. The van der Waals surface area contributed by atoms with Crippen molar-refractivity contribution in [3.05, 3.63) is 35.9 Å². The quantitative estimate of drug-likeness (QED) is 0.798. The lowest BCUT2D eigenvalue weighted by molar-refractivity contribution is -0.160. The maximum absolute atomic E-state index is 12.5. The first-order valence-corrected chi connectivity index (χ1v) is 8.55. The van der Waals surface area contributed by atoms with E-state index in [1.54, 1.807) is 0 Å². The van der Waals surface area contributed by atoms with Crippen molar-refractivity contribution in [2.75, 3.05) is 13.1 Å². The number of hydrogen-bond acceptors (Lipinski definition) is 5. The Labute approximate surface area is 143 Å². The van der Waals surface area contributed by atoms with Gasteiger partial charge in [0.05, 0.1) is 18.2 Å². The summed E-state index contributed by atoms with van der Waals surface area (Å²) in [7, 11) is 0. The Morgan fingerprint density at radius 1 is 1.29 bits per heavy atom. The van der Waals surface area contributed by atoms with Crippen molar-refractivity contribution in [1.82, 2.24) is 9.80 Å². The number of benzene rings is 1. The predicted octanol–water partition coefficient (Wildman–Crippen LogP) is 2.38. The Hall–Kier alpha value is -1.90. The number of nitriles is 1.